The van der Waals surface area contributed by atoms with Gasteiger partial charge in [0.15, 0.2) is 10.8 Å². The Balaban J connectivity index is 2.61. The number of amides is 2. The molecule has 1 aliphatic carbocycles. The monoisotopic (exact) mass is 189 g/mol. The first-order chi connectivity index (χ1) is 6.61. The predicted molar refractivity (Wildman–Crippen MR) is 43.0 cm³/mol. The maximum atomic E-state index is 11.4. The van der Waals surface area contributed by atoms with Crippen LogP contribution in [0.2, 0.25) is 0 Å². The van der Waals surface area contributed by atoms with Crippen LogP contribution in [0, 0.1) is 39.4 Å². The van der Waals surface area contributed by atoms with Gasteiger partial charge in [0.2, 0.25) is 11.8 Å². The topological polar surface area (TPSA) is 93.8 Å². The zero-order chi connectivity index (χ0) is 10.6. The molecule has 0 spiro atoms. The molecule has 1 saturated heterocycles. The van der Waals surface area contributed by atoms with Crippen LogP contribution in [0.4, 0.5) is 0 Å². The maximum absolute atomic E-state index is 11.4. The van der Waals surface area contributed by atoms with Crippen molar-refractivity contribution in [3.63, 3.8) is 0 Å². The molecule has 2 rings (SSSR count). The van der Waals surface area contributed by atoms with E-state index in [0.29, 0.717) is 6.42 Å². The number of hydrogen-bond donors (Lipinski definition) is 1. The Kier molecular flexibility index (Phi) is 1.32. The van der Waals surface area contributed by atoms with Crippen LogP contribution in [0.15, 0.2) is 0 Å². The molecular weight excluding hydrogens is 182 g/mol. The molecule has 0 aromatic carbocycles. The standard InChI is InChI=1S/C9H7N3O2/c1-2-5-8(3-10)6(13)12-7(14)9(5,8)4-11/h5H,2H2,1H3,(H,12,13,14)/t5?,8-,9+. The van der Waals surface area contributed by atoms with Crippen LogP contribution < -0.4 is 5.32 Å². The highest BCUT2D eigenvalue weighted by Gasteiger charge is 2.89. The molecule has 2 aliphatic rings. The van der Waals surface area contributed by atoms with Gasteiger partial charge in [-0.25, -0.2) is 0 Å². The summed E-state index contributed by atoms with van der Waals surface area (Å²) >= 11 is 0. The summed E-state index contributed by atoms with van der Waals surface area (Å²) in [5, 5.41) is 19.9. The van der Waals surface area contributed by atoms with Gasteiger partial charge < -0.3 is 0 Å². The van der Waals surface area contributed by atoms with E-state index < -0.39 is 28.6 Å². The van der Waals surface area contributed by atoms with E-state index in [4.69, 9.17) is 10.5 Å². The second kappa shape index (κ2) is 2.13. The highest BCUT2D eigenvalue weighted by Crippen LogP contribution is 2.72. The SMILES string of the molecule is CCC1[C@]2(C#N)C(=O)NC(=O)[C@]12C#N. The summed E-state index contributed by atoms with van der Waals surface area (Å²) in [6, 6.07) is 3.66. The molecule has 2 amide bonds. The van der Waals surface area contributed by atoms with Gasteiger partial charge in [-0.1, -0.05) is 6.92 Å². The summed E-state index contributed by atoms with van der Waals surface area (Å²) in [7, 11) is 0. The number of carbonyl (C=O) groups is 2. The molecule has 0 aromatic heterocycles. The summed E-state index contributed by atoms with van der Waals surface area (Å²) in [6.07, 6.45) is 0.486. The lowest BCUT2D eigenvalue weighted by Gasteiger charge is -2.02. The Labute approximate surface area is 80.3 Å². The van der Waals surface area contributed by atoms with E-state index in [0.717, 1.165) is 0 Å². The van der Waals surface area contributed by atoms with Crippen molar-refractivity contribution in [3.05, 3.63) is 0 Å². The van der Waals surface area contributed by atoms with Gasteiger partial charge in [-0.2, -0.15) is 10.5 Å². The lowest BCUT2D eigenvalue weighted by atomic mass is 9.98. The quantitative estimate of drug-likeness (QED) is 0.573. The van der Waals surface area contributed by atoms with Crippen molar-refractivity contribution in [1.82, 2.24) is 5.32 Å². The Morgan fingerprint density at radius 1 is 1.29 bits per heavy atom. The lowest BCUT2D eigenvalue weighted by molar-refractivity contribution is -0.129. The van der Waals surface area contributed by atoms with E-state index in [9.17, 15) is 9.59 Å². The lowest BCUT2D eigenvalue weighted by Crippen LogP contribution is -2.32. The molecule has 14 heavy (non-hydrogen) atoms. The van der Waals surface area contributed by atoms with E-state index in [1.54, 1.807) is 6.92 Å². The number of fused-ring (bicyclic) bond motifs is 1. The second-order valence-electron chi connectivity index (χ2n) is 3.58. The Morgan fingerprint density at radius 3 is 1.93 bits per heavy atom. The first-order valence-electron chi connectivity index (χ1n) is 4.30. The highest BCUT2D eigenvalue weighted by molar-refractivity contribution is 6.18. The van der Waals surface area contributed by atoms with E-state index in [-0.39, 0.29) is 0 Å². The number of piperidine rings is 1. The van der Waals surface area contributed by atoms with Crippen LogP contribution in [0.1, 0.15) is 13.3 Å². The van der Waals surface area contributed by atoms with Crippen molar-refractivity contribution < 1.29 is 9.59 Å². The fourth-order valence-corrected chi connectivity index (χ4v) is 2.57. The molecule has 70 valence electrons. The minimum atomic E-state index is -1.41. The number of nitrogens with zero attached hydrogens (tertiary/aromatic N) is 2. The molecule has 0 radical (unpaired) electrons. The van der Waals surface area contributed by atoms with Gasteiger partial charge in [0.25, 0.3) is 0 Å². The normalized spacial score (nSPS) is 43.5. The molecular formula is C9H7N3O2. The van der Waals surface area contributed by atoms with Crippen molar-refractivity contribution in [2.24, 2.45) is 16.7 Å². The molecule has 3 atom stereocenters. The number of imide groups is 1. The van der Waals surface area contributed by atoms with Crippen molar-refractivity contribution in [1.29, 1.82) is 10.5 Å². The third kappa shape index (κ3) is 0.498. The summed E-state index contributed by atoms with van der Waals surface area (Å²) in [4.78, 5) is 22.8. The van der Waals surface area contributed by atoms with Gasteiger partial charge in [0.05, 0.1) is 12.1 Å². The summed E-state index contributed by atoms with van der Waals surface area (Å²) in [5.74, 6) is -1.66. The fourth-order valence-electron chi connectivity index (χ4n) is 2.57. The summed E-state index contributed by atoms with van der Waals surface area (Å²) in [5.41, 5.74) is -2.82. The molecule has 0 aromatic rings. The molecule has 1 N–H and O–H groups in total. The van der Waals surface area contributed by atoms with Crippen LogP contribution in [-0.4, -0.2) is 11.8 Å². The van der Waals surface area contributed by atoms with Crippen LogP contribution >= 0.6 is 0 Å². The van der Waals surface area contributed by atoms with E-state index in [1.807, 2.05) is 17.5 Å². The van der Waals surface area contributed by atoms with Crippen molar-refractivity contribution >= 4 is 11.8 Å². The Hall–Kier alpha value is -1.88. The summed E-state index contributed by atoms with van der Waals surface area (Å²) in [6.45, 7) is 1.77. The molecule has 1 saturated carbocycles. The number of carbonyl (C=O) groups excluding carboxylic acids is 2. The first-order valence-corrected chi connectivity index (χ1v) is 4.30. The van der Waals surface area contributed by atoms with Crippen LogP contribution in [-0.2, 0) is 9.59 Å². The average molecular weight is 189 g/mol. The highest BCUT2D eigenvalue weighted by atomic mass is 16.2. The van der Waals surface area contributed by atoms with Gasteiger partial charge >= 0.3 is 0 Å². The van der Waals surface area contributed by atoms with Crippen LogP contribution in [0.3, 0.4) is 0 Å². The van der Waals surface area contributed by atoms with Gasteiger partial charge in [-0.15, -0.1) is 0 Å². The van der Waals surface area contributed by atoms with E-state index >= 15 is 0 Å². The van der Waals surface area contributed by atoms with E-state index in [1.165, 1.54) is 0 Å². The molecule has 0 bridgehead atoms. The smallest absolute Gasteiger partial charge is 0.249 e. The van der Waals surface area contributed by atoms with Gasteiger partial charge in [0.1, 0.15) is 0 Å². The number of nitrogens with one attached hydrogen (secondary N) is 1. The minimum absolute atomic E-state index is 0.439. The number of hydrogen-bond acceptors (Lipinski definition) is 4. The number of nitriles is 2. The Morgan fingerprint density at radius 2 is 1.71 bits per heavy atom. The molecule has 1 heterocycles. The average Bonchev–Trinajstić information content (AvgIpc) is 2.73. The minimum Gasteiger partial charge on any atom is -0.294 e. The van der Waals surface area contributed by atoms with Gasteiger partial charge in [-0.05, 0) is 6.42 Å². The molecule has 5 heteroatoms. The van der Waals surface area contributed by atoms with Crippen molar-refractivity contribution in [2.75, 3.05) is 0 Å². The molecule has 5 nitrogen and oxygen atoms in total. The summed E-state index contributed by atoms with van der Waals surface area (Å²) < 4.78 is 0. The second-order valence-corrected chi connectivity index (χ2v) is 3.58. The third-order valence-corrected chi connectivity index (χ3v) is 3.29. The maximum Gasteiger partial charge on any atom is 0.249 e. The Bertz CT molecular complexity index is 392. The van der Waals surface area contributed by atoms with Gasteiger partial charge in [-0.3, -0.25) is 14.9 Å². The largest absolute Gasteiger partial charge is 0.294 e. The molecule has 2 fully saturated rings. The zero-order valence-electron chi connectivity index (χ0n) is 7.50. The zero-order valence-corrected chi connectivity index (χ0v) is 7.50. The van der Waals surface area contributed by atoms with Gasteiger partial charge in [0, 0.05) is 5.92 Å². The fraction of sp³-hybridized carbons (Fsp3) is 0.556. The van der Waals surface area contributed by atoms with Crippen molar-refractivity contribution in [2.45, 2.75) is 13.3 Å². The van der Waals surface area contributed by atoms with Crippen molar-refractivity contribution in [3.8, 4) is 12.1 Å². The van der Waals surface area contributed by atoms with E-state index in [2.05, 4.69) is 0 Å². The number of rotatable bonds is 1. The molecule has 1 aliphatic heterocycles. The van der Waals surface area contributed by atoms with Crippen LogP contribution in [0.5, 0.6) is 0 Å². The molecule has 1 unspecified atom stereocenters. The third-order valence-electron chi connectivity index (χ3n) is 3.29. The van der Waals surface area contributed by atoms with Crippen LogP contribution in [0.25, 0.3) is 0 Å². The first kappa shape index (κ1) is 8.71. The predicted octanol–water partition coefficient (Wildman–Crippen LogP) is -0.297.